The van der Waals surface area contributed by atoms with Crippen molar-refractivity contribution in [3.05, 3.63) is 69.7 Å². The van der Waals surface area contributed by atoms with Crippen LogP contribution in [0.3, 0.4) is 0 Å². The summed E-state index contributed by atoms with van der Waals surface area (Å²) in [4.78, 5) is 12.1. The maximum absolute atomic E-state index is 12.1. The predicted octanol–water partition coefficient (Wildman–Crippen LogP) is 2.99. The predicted molar refractivity (Wildman–Crippen MR) is 91.7 cm³/mol. The van der Waals surface area contributed by atoms with Crippen LogP contribution in [0, 0.1) is 0 Å². The highest BCUT2D eigenvalue weighted by Gasteiger charge is 2.19. The summed E-state index contributed by atoms with van der Waals surface area (Å²) in [5, 5.41) is 6.52. The third-order valence-corrected chi connectivity index (χ3v) is 4.53. The first-order chi connectivity index (χ1) is 10.7. The number of carbonyl (C=O) groups is 1. The van der Waals surface area contributed by atoms with Crippen LogP contribution in [0.1, 0.15) is 22.7 Å². The van der Waals surface area contributed by atoms with Gasteiger partial charge in [0, 0.05) is 17.1 Å². The van der Waals surface area contributed by atoms with E-state index in [9.17, 15) is 4.79 Å². The Kier molecular flexibility index (Phi) is 4.90. The molecule has 0 aromatic heterocycles. The van der Waals surface area contributed by atoms with Crippen LogP contribution < -0.4 is 10.6 Å². The van der Waals surface area contributed by atoms with Gasteiger partial charge in [0.2, 0.25) is 5.91 Å². The Morgan fingerprint density at radius 1 is 1.18 bits per heavy atom. The summed E-state index contributed by atoms with van der Waals surface area (Å²) >= 11 is 3.40. The Morgan fingerprint density at radius 3 is 2.77 bits per heavy atom. The zero-order valence-corrected chi connectivity index (χ0v) is 13.9. The minimum absolute atomic E-state index is 0.0622. The lowest BCUT2D eigenvalue weighted by Gasteiger charge is -2.27. The maximum Gasteiger partial charge on any atom is 0.224 e. The summed E-state index contributed by atoms with van der Waals surface area (Å²) in [6.07, 6.45) is 1.47. The van der Waals surface area contributed by atoms with E-state index in [4.69, 9.17) is 0 Å². The van der Waals surface area contributed by atoms with E-state index < -0.39 is 0 Å². The van der Waals surface area contributed by atoms with Crippen LogP contribution in [0.4, 0.5) is 0 Å². The van der Waals surface area contributed by atoms with Crippen molar-refractivity contribution in [3.63, 3.8) is 0 Å². The minimum Gasteiger partial charge on any atom is -0.354 e. The second-order valence-corrected chi connectivity index (χ2v) is 6.48. The van der Waals surface area contributed by atoms with E-state index in [-0.39, 0.29) is 11.9 Å². The molecule has 0 aliphatic carbocycles. The third kappa shape index (κ3) is 3.76. The highest BCUT2D eigenvalue weighted by atomic mass is 79.9. The first kappa shape index (κ1) is 15.3. The SMILES string of the molecule is O=C(Cc1ccc(Br)cc1)NCC1NCCc2ccccc21. The fraction of sp³-hybridized carbons (Fsp3) is 0.278. The Morgan fingerprint density at radius 2 is 1.95 bits per heavy atom. The van der Waals surface area contributed by atoms with Crippen molar-refractivity contribution in [1.29, 1.82) is 0 Å². The van der Waals surface area contributed by atoms with E-state index in [0.29, 0.717) is 13.0 Å². The summed E-state index contributed by atoms with van der Waals surface area (Å²) in [6, 6.07) is 16.5. The molecule has 3 nitrogen and oxygen atoms in total. The van der Waals surface area contributed by atoms with Crippen molar-refractivity contribution in [2.24, 2.45) is 0 Å². The maximum atomic E-state index is 12.1. The van der Waals surface area contributed by atoms with Crippen molar-refractivity contribution >= 4 is 21.8 Å². The molecule has 0 fully saturated rings. The van der Waals surface area contributed by atoms with Gasteiger partial charge in [-0.1, -0.05) is 52.3 Å². The van der Waals surface area contributed by atoms with E-state index in [1.54, 1.807) is 0 Å². The molecule has 114 valence electrons. The summed E-state index contributed by atoms with van der Waals surface area (Å²) in [6.45, 7) is 1.59. The second kappa shape index (κ2) is 7.07. The molecule has 0 bridgehead atoms. The van der Waals surface area contributed by atoms with Crippen molar-refractivity contribution in [1.82, 2.24) is 10.6 Å². The molecular formula is C18H19BrN2O. The Bertz CT molecular complexity index is 654. The summed E-state index contributed by atoms with van der Waals surface area (Å²) in [5.74, 6) is 0.0622. The fourth-order valence-corrected chi connectivity index (χ4v) is 3.11. The molecule has 0 saturated heterocycles. The van der Waals surface area contributed by atoms with Gasteiger partial charge < -0.3 is 10.6 Å². The lowest BCUT2D eigenvalue weighted by atomic mass is 9.94. The van der Waals surface area contributed by atoms with E-state index >= 15 is 0 Å². The van der Waals surface area contributed by atoms with Crippen LogP contribution in [0.2, 0.25) is 0 Å². The topological polar surface area (TPSA) is 41.1 Å². The molecule has 1 heterocycles. The summed E-state index contributed by atoms with van der Waals surface area (Å²) in [7, 11) is 0. The highest BCUT2D eigenvalue weighted by molar-refractivity contribution is 9.10. The van der Waals surface area contributed by atoms with Gasteiger partial charge in [-0.25, -0.2) is 0 Å². The normalized spacial score (nSPS) is 16.9. The molecule has 1 amide bonds. The van der Waals surface area contributed by atoms with E-state index in [2.05, 4.69) is 50.8 Å². The molecule has 1 unspecified atom stereocenters. The molecule has 1 atom stereocenters. The van der Waals surface area contributed by atoms with Crippen molar-refractivity contribution in [3.8, 4) is 0 Å². The quantitative estimate of drug-likeness (QED) is 0.881. The largest absolute Gasteiger partial charge is 0.354 e. The van der Waals surface area contributed by atoms with E-state index in [0.717, 1.165) is 23.0 Å². The molecule has 2 aromatic carbocycles. The molecule has 22 heavy (non-hydrogen) atoms. The average molecular weight is 359 g/mol. The number of hydrogen-bond acceptors (Lipinski definition) is 2. The van der Waals surface area contributed by atoms with Crippen molar-refractivity contribution < 1.29 is 4.79 Å². The van der Waals surface area contributed by atoms with Crippen LogP contribution in [0.5, 0.6) is 0 Å². The number of carbonyl (C=O) groups excluding carboxylic acids is 1. The molecule has 3 rings (SSSR count). The van der Waals surface area contributed by atoms with Crippen LogP contribution >= 0.6 is 15.9 Å². The highest BCUT2D eigenvalue weighted by Crippen LogP contribution is 2.21. The zero-order chi connectivity index (χ0) is 15.4. The van der Waals surface area contributed by atoms with Gasteiger partial charge in [0.05, 0.1) is 6.42 Å². The minimum atomic E-state index is 0.0622. The van der Waals surface area contributed by atoms with Gasteiger partial charge in [-0.3, -0.25) is 4.79 Å². The van der Waals surface area contributed by atoms with Crippen molar-refractivity contribution in [2.75, 3.05) is 13.1 Å². The van der Waals surface area contributed by atoms with E-state index in [1.165, 1.54) is 11.1 Å². The molecule has 4 heteroatoms. The monoisotopic (exact) mass is 358 g/mol. The fourth-order valence-electron chi connectivity index (χ4n) is 2.84. The Labute approximate surface area is 139 Å². The van der Waals surface area contributed by atoms with Crippen LogP contribution in [0.15, 0.2) is 53.0 Å². The zero-order valence-electron chi connectivity index (χ0n) is 12.3. The van der Waals surface area contributed by atoms with Gasteiger partial charge in [0.1, 0.15) is 0 Å². The van der Waals surface area contributed by atoms with Gasteiger partial charge in [0.25, 0.3) is 0 Å². The number of halogens is 1. The third-order valence-electron chi connectivity index (χ3n) is 4.00. The number of rotatable bonds is 4. The summed E-state index contributed by atoms with van der Waals surface area (Å²) in [5.41, 5.74) is 3.71. The molecule has 1 aliphatic rings. The lowest BCUT2D eigenvalue weighted by molar-refractivity contribution is -0.120. The molecule has 2 N–H and O–H groups in total. The van der Waals surface area contributed by atoms with Gasteiger partial charge in [-0.05, 0) is 41.8 Å². The van der Waals surface area contributed by atoms with Gasteiger partial charge in [-0.2, -0.15) is 0 Å². The van der Waals surface area contributed by atoms with Gasteiger partial charge >= 0.3 is 0 Å². The van der Waals surface area contributed by atoms with Crippen LogP contribution in [0.25, 0.3) is 0 Å². The van der Waals surface area contributed by atoms with Crippen LogP contribution in [-0.2, 0) is 17.6 Å². The standard InChI is InChI=1S/C18H19BrN2O/c19-15-7-5-13(6-8-15)11-18(22)21-12-17-16-4-2-1-3-14(16)9-10-20-17/h1-8,17,20H,9-12H2,(H,21,22). The average Bonchev–Trinajstić information content (AvgIpc) is 2.55. The Hall–Kier alpha value is -1.65. The van der Waals surface area contributed by atoms with E-state index in [1.807, 2.05) is 24.3 Å². The Balaban J connectivity index is 1.56. The van der Waals surface area contributed by atoms with Crippen LogP contribution in [-0.4, -0.2) is 19.0 Å². The number of fused-ring (bicyclic) bond motifs is 1. The molecule has 1 aliphatic heterocycles. The van der Waals surface area contributed by atoms with Crippen molar-refractivity contribution in [2.45, 2.75) is 18.9 Å². The first-order valence-electron chi connectivity index (χ1n) is 7.55. The number of benzene rings is 2. The van der Waals surface area contributed by atoms with Gasteiger partial charge in [-0.15, -0.1) is 0 Å². The second-order valence-electron chi connectivity index (χ2n) is 5.56. The smallest absolute Gasteiger partial charge is 0.224 e. The molecule has 0 saturated carbocycles. The van der Waals surface area contributed by atoms with Gasteiger partial charge in [0.15, 0.2) is 0 Å². The first-order valence-corrected chi connectivity index (χ1v) is 8.34. The molecule has 0 spiro atoms. The lowest BCUT2D eigenvalue weighted by Crippen LogP contribution is -2.39. The molecular weight excluding hydrogens is 340 g/mol. The summed E-state index contributed by atoms with van der Waals surface area (Å²) < 4.78 is 1.03. The number of amides is 1. The molecule has 0 radical (unpaired) electrons. The number of nitrogens with one attached hydrogen (secondary N) is 2. The number of hydrogen-bond donors (Lipinski definition) is 2. The molecule has 2 aromatic rings.